The smallest absolute Gasteiger partial charge is 0.255 e. The second-order valence-corrected chi connectivity index (χ2v) is 8.58. The van der Waals surface area contributed by atoms with Crippen molar-refractivity contribution in [2.24, 2.45) is 5.41 Å². The Bertz CT molecular complexity index is 827. The van der Waals surface area contributed by atoms with E-state index in [0.29, 0.717) is 32.4 Å². The molecule has 2 aliphatic rings. The molecule has 29 heavy (non-hydrogen) atoms. The number of amides is 3. The summed E-state index contributed by atoms with van der Waals surface area (Å²) in [6.45, 7) is 2.94. The van der Waals surface area contributed by atoms with Crippen LogP contribution in [0.15, 0.2) is 18.2 Å². The third kappa shape index (κ3) is 3.97. The fourth-order valence-corrected chi connectivity index (χ4v) is 4.74. The van der Waals surface area contributed by atoms with E-state index in [9.17, 15) is 18.8 Å². The average Bonchev–Trinajstić information content (AvgIpc) is 2.68. The molecule has 3 rings (SSSR count). The van der Waals surface area contributed by atoms with Crippen molar-refractivity contribution in [1.29, 1.82) is 0 Å². The van der Waals surface area contributed by atoms with E-state index in [-0.39, 0.29) is 40.9 Å². The predicted molar refractivity (Wildman–Crippen MR) is 108 cm³/mol. The van der Waals surface area contributed by atoms with Gasteiger partial charge in [0.2, 0.25) is 11.8 Å². The molecule has 0 N–H and O–H groups in total. The quantitative estimate of drug-likeness (QED) is 0.751. The van der Waals surface area contributed by atoms with Gasteiger partial charge in [-0.1, -0.05) is 11.6 Å². The third-order valence-electron chi connectivity index (χ3n) is 6.30. The van der Waals surface area contributed by atoms with Crippen molar-refractivity contribution < 1.29 is 18.8 Å². The topological polar surface area (TPSA) is 60.9 Å². The van der Waals surface area contributed by atoms with Crippen molar-refractivity contribution >= 4 is 29.3 Å². The third-order valence-corrected chi connectivity index (χ3v) is 6.63. The molecule has 2 aliphatic heterocycles. The molecule has 0 saturated carbocycles. The zero-order chi connectivity index (χ0) is 21.3. The lowest BCUT2D eigenvalue weighted by atomic mass is 9.67. The molecule has 2 fully saturated rings. The Labute approximate surface area is 175 Å². The van der Waals surface area contributed by atoms with E-state index >= 15 is 0 Å². The van der Waals surface area contributed by atoms with E-state index in [1.54, 1.807) is 23.9 Å². The summed E-state index contributed by atoms with van der Waals surface area (Å²) >= 11 is 6.14. The summed E-state index contributed by atoms with van der Waals surface area (Å²) in [5, 5.41) is 0.191. The Balaban J connectivity index is 1.86. The molecule has 2 atom stereocenters. The highest BCUT2D eigenvalue weighted by Gasteiger charge is 2.52. The largest absolute Gasteiger partial charge is 0.347 e. The Morgan fingerprint density at radius 3 is 2.55 bits per heavy atom. The first kappa shape index (κ1) is 21.6. The average molecular weight is 424 g/mol. The minimum absolute atomic E-state index is 0.0456. The number of likely N-dealkylation sites (N-methyl/N-ethyl adjacent to an activating group) is 1. The minimum Gasteiger partial charge on any atom is -0.347 e. The van der Waals surface area contributed by atoms with Gasteiger partial charge in [-0.15, -0.1) is 0 Å². The summed E-state index contributed by atoms with van der Waals surface area (Å²) in [6.07, 6.45) is 2.78. The Morgan fingerprint density at radius 1 is 1.24 bits per heavy atom. The van der Waals surface area contributed by atoms with Gasteiger partial charge in [0.1, 0.15) is 5.82 Å². The molecule has 6 nitrogen and oxygen atoms in total. The van der Waals surface area contributed by atoms with Crippen LogP contribution in [0.3, 0.4) is 0 Å². The molecule has 2 saturated heterocycles. The fourth-order valence-electron chi connectivity index (χ4n) is 4.54. The molecule has 1 aromatic carbocycles. The zero-order valence-electron chi connectivity index (χ0n) is 17.1. The Kier molecular flexibility index (Phi) is 6.17. The number of benzene rings is 1. The summed E-state index contributed by atoms with van der Waals surface area (Å²) in [5.41, 5.74) is -0.614. The zero-order valence-corrected chi connectivity index (χ0v) is 17.8. The summed E-state index contributed by atoms with van der Waals surface area (Å²) in [6, 6.07) is 3.36. The standard InChI is InChI=1S/C21H27ClFN3O3/c1-14-21(8-4-10-25(20(21)29)13-18(27)24(2)3)9-5-11-26(14)19(28)16-12-15(23)6-7-17(16)22/h6-7,12,14H,4-5,8-11,13H2,1-3H3/t14-,21+/m1/s1. The molecular formula is C21H27ClFN3O3. The fraction of sp³-hybridized carbons (Fsp3) is 0.571. The monoisotopic (exact) mass is 423 g/mol. The van der Waals surface area contributed by atoms with Crippen molar-refractivity contribution in [1.82, 2.24) is 14.7 Å². The molecule has 0 unspecified atom stereocenters. The van der Waals surface area contributed by atoms with Crippen molar-refractivity contribution in [2.45, 2.75) is 38.6 Å². The van der Waals surface area contributed by atoms with Gasteiger partial charge in [0.05, 0.1) is 22.5 Å². The van der Waals surface area contributed by atoms with Crippen LogP contribution >= 0.6 is 11.6 Å². The number of rotatable bonds is 3. The van der Waals surface area contributed by atoms with E-state index < -0.39 is 11.2 Å². The molecule has 2 heterocycles. The Hall–Kier alpha value is -2.15. The van der Waals surface area contributed by atoms with E-state index in [4.69, 9.17) is 11.6 Å². The molecule has 1 aromatic rings. The number of nitrogens with zero attached hydrogens (tertiary/aromatic N) is 3. The number of hydrogen-bond donors (Lipinski definition) is 0. The number of halogens is 2. The second-order valence-electron chi connectivity index (χ2n) is 8.18. The van der Waals surface area contributed by atoms with Crippen LogP contribution < -0.4 is 0 Å². The predicted octanol–water partition coefficient (Wildman–Crippen LogP) is 2.80. The molecular weight excluding hydrogens is 397 g/mol. The second kappa shape index (κ2) is 8.30. The lowest BCUT2D eigenvalue weighted by molar-refractivity contribution is -0.156. The summed E-state index contributed by atoms with van der Waals surface area (Å²) < 4.78 is 13.7. The molecule has 0 radical (unpaired) electrons. The van der Waals surface area contributed by atoms with Gasteiger partial charge in [0, 0.05) is 33.2 Å². The lowest BCUT2D eigenvalue weighted by Crippen LogP contribution is -2.62. The van der Waals surface area contributed by atoms with Crippen molar-refractivity contribution in [3.05, 3.63) is 34.6 Å². The van der Waals surface area contributed by atoms with Crippen LogP contribution in [0.25, 0.3) is 0 Å². The molecule has 3 amide bonds. The molecule has 8 heteroatoms. The number of hydrogen-bond acceptors (Lipinski definition) is 3. The van der Waals surface area contributed by atoms with Crippen molar-refractivity contribution in [2.75, 3.05) is 33.7 Å². The molecule has 0 aromatic heterocycles. The summed E-state index contributed by atoms with van der Waals surface area (Å²) in [5.74, 6) is -1.10. The van der Waals surface area contributed by atoms with E-state index in [2.05, 4.69) is 0 Å². The van der Waals surface area contributed by atoms with E-state index in [1.165, 1.54) is 17.0 Å². The normalized spacial score (nSPS) is 24.7. The maximum absolute atomic E-state index is 13.7. The SMILES string of the molecule is C[C@H]1N(C(=O)c2cc(F)ccc2Cl)CCC[C@@]12CCCN(CC(=O)N(C)C)C2=O. The summed E-state index contributed by atoms with van der Waals surface area (Å²) in [7, 11) is 3.33. The highest BCUT2D eigenvalue weighted by molar-refractivity contribution is 6.33. The molecule has 1 spiro atoms. The first-order valence-corrected chi connectivity index (χ1v) is 10.3. The van der Waals surface area contributed by atoms with Crippen LogP contribution in [0.2, 0.25) is 5.02 Å². The van der Waals surface area contributed by atoms with Gasteiger partial charge in [0.15, 0.2) is 0 Å². The van der Waals surface area contributed by atoms with Gasteiger partial charge in [0.25, 0.3) is 5.91 Å². The van der Waals surface area contributed by atoms with Crippen LogP contribution in [0.5, 0.6) is 0 Å². The van der Waals surface area contributed by atoms with Crippen LogP contribution in [-0.4, -0.2) is 72.2 Å². The maximum atomic E-state index is 13.7. The summed E-state index contributed by atoms with van der Waals surface area (Å²) in [4.78, 5) is 43.5. The molecule has 0 aliphatic carbocycles. The van der Waals surface area contributed by atoms with Crippen molar-refractivity contribution in [3.8, 4) is 0 Å². The van der Waals surface area contributed by atoms with Gasteiger partial charge < -0.3 is 14.7 Å². The molecule has 158 valence electrons. The van der Waals surface area contributed by atoms with Gasteiger partial charge in [-0.3, -0.25) is 14.4 Å². The number of carbonyl (C=O) groups is 3. The van der Waals surface area contributed by atoms with Crippen molar-refractivity contribution in [3.63, 3.8) is 0 Å². The van der Waals surface area contributed by atoms with Crippen LogP contribution in [0, 0.1) is 11.2 Å². The first-order valence-electron chi connectivity index (χ1n) is 9.93. The van der Waals surface area contributed by atoms with Gasteiger partial charge in [-0.05, 0) is 50.8 Å². The van der Waals surface area contributed by atoms with E-state index in [0.717, 1.165) is 12.5 Å². The Morgan fingerprint density at radius 2 is 1.90 bits per heavy atom. The number of likely N-dealkylation sites (tertiary alicyclic amines) is 2. The van der Waals surface area contributed by atoms with Crippen LogP contribution in [0.4, 0.5) is 4.39 Å². The van der Waals surface area contributed by atoms with Gasteiger partial charge >= 0.3 is 0 Å². The number of piperidine rings is 2. The minimum atomic E-state index is -0.724. The molecule has 0 bridgehead atoms. The van der Waals surface area contributed by atoms with E-state index in [1.807, 2.05) is 6.92 Å². The van der Waals surface area contributed by atoms with Crippen LogP contribution in [-0.2, 0) is 9.59 Å². The van der Waals surface area contributed by atoms with Gasteiger partial charge in [-0.2, -0.15) is 0 Å². The lowest BCUT2D eigenvalue weighted by Gasteiger charge is -2.51. The van der Waals surface area contributed by atoms with Gasteiger partial charge in [-0.25, -0.2) is 4.39 Å². The highest BCUT2D eigenvalue weighted by Crippen LogP contribution is 2.44. The van der Waals surface area contributed by atoms with Crippen LogP contribution in [0.1, 0.15) is 43.0 Å². The highest BCUT2D eigenvalue weighted by atomic mass is 35.5. The number of carbonyl (C=O) groups excluding carboxylic acids is 3. The maximum Gasteiger partial charge on any atom is 0.255 e. The first-order chi connectivity index (χ1) is 13.7.